The molecule has 0 aliphatic carbocycles. The standard InChI is InChI=1S/C17H19BrFN/c1-11-3-4-12(2)13(7-11)9-16(20)10-14-8-15(18)5-6-17(14)19/h3-8,16H,9-10,20H2,1-2H3. The van der Waals surface area contributed by atoms with Crippen molar-refractivity contribution in [2.45, 2.75) is 32.7 Å². The van der Waals surface area contributed by atoms with E-state index >= 15 is 0 Å². The Labute approximate surface area is 128 Å². The minimum atomic E-state index is -0.190. The van der Waals surface area contributed by atoms with Gasteiger partial charge in [0.15, 0.2) is 0 Å². The van der Waals surface area contributed by atoms with Gasteiger partial charge in [0.25, 0.3) is 0 Å². The lowest BCUT2D eigenvalue weighted by atomic mass is 9.95. The second-order valence-electron chi connectivity index (χ2n) is 5.33. The maximum absolute atomic E-state index is 13.7. The molecule has 1 nitrogen and oxygen atoms in total. The Morgan fingerprint density at radius 1 is 1.05 bits per heavy atom. The van der Waals surface area contributed by atoms with Crippen LogP contribution in [0.15, 0.2) is 40.9 Å². The molecule has 2 rings (SSSR count). The van der Waals surface area contributed by atoms with Gasteiger partial charge in [0.05, 0.1) is 0 Å². The minimum Gasteiger partial charge on any atom is -0.327 e. The summed E-state index contributed by atoms with van der Waals surface area (Å²) in [6.45, 7) is 4.16. The molecule has 1 unspecified atom stereocenters. The third kappa shape index (κ3) is 3.90. The Morgan fingerprint density at radius 2 is 1.75 bits per heavy atom. The lowest BCUT2D eigenvalue weighted by molar-refractivity contribution is 0.583. The van der Waals surface area contributed by atoms with Gasteiger partial charge in [-0.05, 0) is 61.6 Å². The van der Waals surface area contributed by atoms with E-state index in [1.807, 2.05) is 0 Å². The molecule has 0 bridgehead atoms. The van der Waals surface area contributed by atoms with E-state index in [-0.39, 0.29) is 11.9 Å². The molecule has 0 spiro atoms. The Bertz CT molecular complexity index is 556. The maximum atomic E-state index is 13.7. The Kier molecular flexibility index (Phi) is 4.95. The highest BCUT2D eigenvalue weighted by Crippen LogP contribution is 2.19. The van der Waals surface area contributed by atoms with Gasteiger partial charge >= 0.3 is 0 Å². The number of halogens is 2. The number of hydrogen-bond donors (Lipinski definition) is 1. The van der Waals surface area contributed by atoms with Crippen LogP contribution in [0, 0.1) is 19.7 Å². The van der Waals surface area contributed by atoms with Crippen molar-refractivity contribution in [2.24, 2.45) is 5.73 Å². The van der Waals surface area contributed by atoms with Crippen molar-refractivity contribution in [3.05, 3.63) is 68.9 Å². The van der Waals surface area contributed by atoms with Gasteiger partial charge in [0.1, 0.15) is 5.82 Å². The average Bonchev–Trinajstić information content (AvgIpc) is 2.38. The normalized spacial score (nSPS) is 12.4. The van der Waals surface area contributed by atoms with E-state index < -0.39 is 0 Å². The SMILES string of the molecule is Cc1ccc(C)c(CC(N)Cc2cc(Br)ccc2F)c1. The van der Waals surface area contributed by atoms with E-state index in [0.29, 0.717) is 12.0 Å². The summed E-state index contributed by atoms with van der Waals surface area (Å²) in [6, 6.07) is 11.3. The van der Waals surface area contributed by atoms with Crippen LogP contribution in [0.4, 0.5) is 4.39 Å². The highest BCUT2D eigenvalue weighted by Gasteiger charge is 2.11. The number of hydrogen-bond acceptors (Lipinski definition) is 1. The Hall–Kier alpha value is -1.19. The summed E-state index contributed by atoms with van der Waals surface area (Å²) in [7, 11) is 0. The van der Waals surface area contributed by atoms with Crippen LogP contribution in [0.1, 0.15) is 22.3 Å². The fourth-order valence-corrected chi connectivity index (χ4v) is 2.77. The number of rotatable bonds is 4. The van der Waals surface area contributed by atoms with Crippen molar-refractivity contribution in [3.63, 3.8) is 0 Å². The first-order valence-electron chi connectivity index (χ1n) is 6.71. The molecule has 0 saturated heterocycles. The topological polar surface area (TPSA) is 26.0 Å². The molecule has 0 aliphatic rings. The molecule has 0 aliphatic heterocycles. The second kappa shape index (κ2) is 6.51. The van der Waals surface area contributed by atoms with E-state index in [1.165, 1.54) is 22.8 Å². The molecule has 0 amide bonds. The van der Waals surface area contributed by atoms with Crippen molar-refractivity contribution in [1.82, 2.24) is 0 Å². The molecule has 3 heteroatoms. The van der Waals surface area contributed by atoms with E-state index in [0.717, 1.165) is 10.9 Å². The molecule has 2 aromatic carbocycles. The summed E-state index contributed by atoms with van der Waals surface area (Å²) < 4.78 is 14.6. The predicted molar refractivity (Wildman–Crippen MR) is 85.4 cm³/mol. The largest absolute Gasteiger partial charge is 0.327 e. The van der Waals surface area contributed by atoms with E-state index in [4.69, 9.17) is 5.73 Å². The van der Waals surface area contributed by atoms with Crippen LogP contribution in [-0.4, -0.2) is 6.04 Å². The predicted octanol–water partition coefficient (Wildman–Crippen LogP) is 4.32. The highest BCUT2D eigenvalue weighted by atomic mass is 79.9. The summed E-state index contributed by atoms with van der Waals surface area (Å²) in [6.07, 6.45) is 1.30. The molecular formula is C17H19BrFN. The van der Waals surface area contributed by atoms with Crippen molar-refractivity contribution in [1.29, 1.82) is 0 Å². The Balaban J connectivity index is 2.10. The number of benzene rings is 2. The Morgan fingerprint density at radius 3 is 2.50 bits per heavy atom. The molecule has 2 aromatic rings. The van der Waals surface area contributed by atoms with Gasteiger partial charge in [-0.2, -0.15) is 0 Å². The van der Waals surface area contributed by atoms with Gasteiger partial charge < -0.3 is 5.73 Å². The average molecular weight is 336 g/mol. The quantitative estimate of drug-likeness (QED) is 0.884. The lowest BCUT2D eigenvalue weighted by Gasteiger charge is -2.15. The maximum Gasteiger partial charge on any atom is 0.126 e. The van der Waals surface area contributed by atoms with Crippen LogP contribution >= 0.6 is 15.9 Å². The first-order chi connectivity index (χ1) is 9.45. The summed E-state index contributed by atoms with van der Waals surface area (Å²) in [4.78, 5) is 0. The smallest absolute Gasteiger partial charge is 0.126 e. The summed E-state index contributed by atoms with van der Waals surface area (Å²) in [5.41, 5.74) is 10.6. The summed E-state index contributed by atoms with van der Waals surface area (Å²) in [5, 5.41) is 0. The highest BCUT2D eigenvalue weighted by molar-refractivity contribution is 9.10. The molecule has 0 saturated carbocycles. The third-order valence-corrected chi connectivity index (χ3v) is 3.97. The summed E-state index contributed by atoms with van der Waals surface area (Å²) >= 11 is 3.37. The van der Waals surface area contributed by atoms with Crippen molar-refractivity contribution < 1.29 is 4.39 Å². The van der Waals surface area contributed by atoms with Crippen molar-refractivity contribution in [3.8, 4) is 0 Å². The number of aryl methyl sites for hydroxylation is 2. The first-order valence-corrected chi connectivity index (χ1v) is 7.50. The van der Waals surface area contributed by atoms with Crippen LogP contribution < -0.4 is 5.73 Å². The monoisotopic (exact) mass is 335 g/mol. The zero-order valence-electron chi connectivity index (χ0n) is 11.8. The van der Waals surface area contributed by atoms with Gasteiger partial charge in [-0.15, -0.1) is 0 Å². The van der Waals surface area contributed by atoms with Crippen LogP contribution in [0.5, 0.6) is 0 Å². The van der Waals surface area contributed by atoms with Gasteiger partial charge in [0, 0.05) is 10.5 Å². The van der Waals surface area contributed by atoms with Crippen LogP contribution in [0.25, 0.3) is 0 Å². The third-order valence-electron chi connectivity index (χ3n) is 3.48. The molecular weight excluding hydrogens is 317 g/mol. The molecule has 2 N–H and O–H groups in total. The molecule has 0 fully saturated rings. The van der Waals surface area contributed by atoms with E-state index in [9.17, 15) is 4.39 Å². The van der Waals surface area contributed by atoms with Gasteiger partial charge in [-0.3, -0.25) is 0 Å². The van der Waals surface area contributed by atoms with Gasteiger partial charge in [0.2, 0.25) is 0 Å². The molecule has 106 valence electrons. The zero-order chi connectivity index (χ0) is 14.7. The molecule has 0 radical (unpaired) electrons. The molecule has 0 aromatic heterocycles. The minimum absolute atomic E-state index is 0.0840. The van der Waals surface area contributed by atoms with Gasteiger partial charge in [-0.1, -0.05) is 39.7 Å². The zero-order valence-corrected chi connectivity index (χ0v) is 13.4. The van der Waals surface area contributed by atoms with E-state index in [2.05, 4.69) is 48.0 Å². The fourth-order valence-electron chi connectivity index (χ4n) is 2.36. The van der Waals surface area contributed by atoms with E-state index in [1.54, 1.807) is 12.1 Å². The molecule has 1 atom stereocenters. The fraction of sp³-hybridized carbons (Fsp3) is 0.294. The van der Waals surface area contributed by atoms with Crippen molar-refractivity contribution >= 4 is 15.9 Å². The molecule has 0 heterocycles. The first kappa shape index (κ1) is 15.2. The second-order valence-corrected chi connectivity index (χ2v) is 6.25. The van der Waals surface area contributed by atoms with Crippen LogP contribution in [0.2, 0.25) is 0 Å². The summed E-state index contributed by atoms with van der Waals surface area (Å²) in [5.74, 6) is -0.190. The lowest BCUT2D eigenvalue weighted by Crippen LogP contribution is -2.26. The van der Waals surface area contributed by atoms with Crippen molar-refractivity contribution in [2.75, 3.05) is 0 Å². The molecule has 20 heavy (non-hydrogen) atoms. The van der Waals surface area contributed by atoms with Crippen LogP contribution in [0.3, 0.4) is 0 Å². The number of nitrogens with two attached hydrogens (primary N) is 1. The van der Waals surface area contributed by atoms with Gasteiger partial charge in [-0.25, -0.2) is 4.39 Å². The van der Waals surface area contributed by atoms with Crippen LogP contribution in [-0.2, 0) is 12.8 Å².